The summed E-state index contributed by atoms with van der Waals surface area (Å²) in [5, 5.41) is 0. The molecule has 0 aliphatic rings. The van der Waals surface area contributed by atoms with Crippen molar-refractivity contribution in [3.8, 4) is 0 Å². The third-order valence-corrected chi connectivity index (χ3v) is 3.61. The van der Waals surface area contributed by atoms with Gasteiger partial charge in [0.2, 0.25) is 0 Å². The van der Waals surface area contributed by atoms with Gasteiger partial charge in [-0.3, -0.25) is 0 Å². The smallest absolute Gasteiger partial charge is 0.170 e. The fraction of sp³-hybridized carbons (Fsp3) is 0.714. The topological polar surface area (TPSA) is 25.8 Å². The molecule has 0 bridgehead atoms. The lowest BCUT2D eigenvalue weighted by molar-refractivity contribution is 0.909. The number of aromatic nitrogens is 2. The van der Waals surface area contributed by atoms with Crippen LogP contribution in [0.3, 0.4) is 0 Å². The highest BCUT2D eigenvalue weighted by molar-refractivity contribution is 8.00. The summed E-state index contributed by atoms with van der Waals surface area (Å²) in [5.41, 5.74) is 0. The van der Waals surface area contributed by atoms with E-state index in [1.807, 2.05) is 6.92 Å². The predicted molar refractivity (Wildman–Crippen MR) is 58.5 cm³/mol. The minimum Gasteiger partial charge on any atom is -0.213 e. The SMILES string of the molecule is Cc1nsc(SCCCCS)n1. The molecule has 0 aliphatic heterocycles. The summed E-state index contributed by atoms with van der Waals surface area (Å²) in [6.45, 7) is 1.92. The molecule has 12 heavy (non-hydrogen) atoms. The van der Waals surface area contributed by atoms with Gasteiger partial charge in [-0.25, -0.2) is 4.98 Å². The summed E-state index contributed by atoms with van der Waals surface area (Å²) in [5.74, 6) is 3.00. The third-order valence-electron chi connectivity index (χ3n) is 1.29. The zero-order chi connectivity index (χ0) is 8.81. The number of aryl methyl sites for hydroxylation is 1. The van der Waals surface area contributed by atoms with Crippen LogP contribution < -0.4 is 0 Å². The molecule has 68 valence electrons. The zero-order valence-electron chi connectivity index (χ0n) is 6.99. The lowest BCUT2D eigenvalue weighted by Gasteiger charge is -1.94. The number of unbranched alkanes of at least 4 members (excludes halogenated alkanes) is 1. The van der Waals surface area contributed by atoms with Crippen LogP contribution in [0.25, 0.3) is 0 Å². The van der Waals surface area contributed by atoms with E-state index in [2.05, 4.69) is 22.0 Å². The van der Waals surface area contributed by atoms with Gasteiger partial charge in [-0.1, -0.05) is 11.8 Å². The molecule has 1 aromatic rings. The molecule has 2 nitrogen and oxygen atoms in total. The molecular formula is C7H12N2S3. The summed E-state index contributed by atoms with van der Waals surface area (Å²) in [6, 6.07) is 0. The first-order valence-electron chi connectivity index (χ1n) is 3.87. The summed E-state index contributed by atoms with van der Waals surface area (Å²) in [7, 11) is 0. The van der Waals surface area contributed by atoms with Gasteiger partial charge < -0.3 is 0 Å². The molecule has 0 amide bonds. The van der Waals surface area contributed by atoms with E-state index in [-0.39, 0.29) is 0 Å². The molecule has 0 N–H and O–H groups in total. The molecule has 0 spiro atoms. The van der Waals surface area contributed by atoms with Crippen molar-refractivity contribution >= 4 is 35.9 Å². The Bertz CT molecular complexity index is 224. The molecule has 0 fully saturated rings. The monoisotopic (exact) mass is 220 g/mol. The lowest BCUT2D eigenvalue weighted by atomic mass is 10.4. The normalized spacial score (nSPS) is 10.5. The molecule has 1 rings (SSSR count). The first kappa shape index (κ1) is 10.3. The number of hydrogen-bond donors (Lipinski definition) is 1. The van der Waals surface area contributed by atoms with Crippen LogP contribution in [0.1, 0.15) is 18.7 Å². The van der Waals surface area contributed by atoms with Gasteiger partial charge in [-0.05, 0) is 37.1 Å². The fourth-order valence-electron chi connectivity index (χ4n) is 0.710. The Hall–Kier alpha value is 0.260. The number of rotatable bonds is 5. The second kappa shape index (κ2) is 5.83. The standard InChI is InChI=1S/C7H12N2S3/c1-6-8-7(12-9-6)11-5-3-2-4-10/h10H,2-5H2,1H3. The molecule has 0 saturated heterocycles. The summed E-state index contributed by atoms with van der Waals surface area (Å²) >= 11 is 7.43. The van der Waals surface area contributed by atoms with Gasteiger partial charge in [0.25, 0.3) is 0 Å². The van der Waals surface area contributed by atoms with Crippen LogP contribution in [-0.4, -0.2) is 20.9 Å². The van der Waals surface area contributed by atoms with Gasteiger partial charge in [-0.15, -0.1) is 0 Å². The minimum atomic E-state index is 0.886. The van der Waals surface area contributed by atoms with E-state index >= 15 is 0 Å². The molecule has 1 aromatic heterocycles. The van der Waals surface area contributed by atoms with E-state index in [0.29, 0.717) is 0 Å². The maximum atomic E-state index is 4.26. The largest absolute Gasteiger partial charge is 0.213 e. The highest BCUT2D eigenvalue weighted by Gasteiger charge is 1.99. The van der Waals surface area contributed by atoms with Gasteiger partial charge in [0.15, 0.2) is 4.34 Å². The Labute approximate surface area is 86.8 Å². The number of nitrogens with zero attached hydrogens (tertiary/aromatic N) is 2. The van der Waals surface area contributed by atoms with Gasteiger partial charge in [-0.2, -0.15) is 17.0 Å². The van der Waals surface area contributed by atoms with Crippen LogP contribution in [0.2, 0.25) is 0 Å². The van der Waals surface area contributed by atoms with Crippen molar-refractivity contribution in [2.45, 2.75) is 24.1 Å². The Balaban J connectivity index is 2.15. The van der Waals surface area contributed by atoms with Gasteiger partial charge in [0.05, 0.1) is 0 Å². The van der Waals surface area contributed by atoms with Crippen molar-refractivity contribution in [2.24, 2.45) is 0 Å². The highest BCUT2D eigenvalue weighted by Crippen LogP contribution is 2.20. The molecule has 0 atom stereocenters. The van der Waals surface area contributed by atoms with Crippen LogP contribution in [0.4, 0.5) is 0 Å². The molecule has 0 unspecified atom stereocenters. The first-order valence-corrected chi connectivity index (χ1v) is 6.26. The van der Waals surface area contributed by atoms with Gasteiger partial charge in [0.1, 0.15) is 5.82 Å². The van der Waals surface area contributed by atoms with E-state index in [9.17, 15) is 0 Å². The molecule has 5 heteroatoms. The first-order chi connectivity index (χ1) is 5.83. The second-order valence-corrected chi connectivity index (χ2v) is 4.93. The van der Waals surface area contributed by atoms with Crippen molar-refractivity contribution < 1.29 is 0 Å². The zero-order valence-corrected chi connectivity index (χ0v) is 9.51. The third kappa shape index (κ3) is 3.78. The van der Waals surface area contributed by atoms with Crippen LogP contribution >= 0.6 is 35.9 Å². The average Bonchev–Trinajstić information content (AvgIpc) is 2.45. The maximum Gasteiger partial charge on any atom is 0.170 e. The maximum absolute atomic E-state index is 4.26. The molecule has 0 aromatic carbocycles. The van der Waals surface area contributed by atoms with E-state index in [1.165, 1.54) is 24.4 Å². The second-order valence-electron chi connectivity index (χ2n) is 2.39. The van der Waals surface area contributed by atoms with Crippen LogP contribution in [0, 0.1) is 6.92 Å². The van der Waals surface area contributed by atoms with Crippen molar-refractivity contribution in [1.82, 2.24) is 9.36 Å². The molecule has 1 heterocycles. The summed E-state index contributed by atoms with van der Waals surface area (Å²) in [4.78, 5) is 4.26. The van der Waals surface area contributed by atoms with Crippen molar-refractivity contribution in [1.29, 1.82) is 0 Å². The predicted octanol–water partition coefficient (Wildman–Crippen LogP) is 2.65. The van der Waals surface area contributed by atoms with E-state index in [1.54, 1.807) is 11.8 Å². The average molecular weight is 220 g/mol. The Kier molecular flexibility index (Phi) is 5.02. The van der Waals surface area contributed by atoms with Crippen LogP contribution in [0.15, 0.2) is 4.34 Å². The van der Waals surface area contributed by atoms with E-state index in [4.69, 9.17) is 0 Å². The number of thiol groups is 1. The fourth-order valence-corrected chi connectivity index (χ4v) is 2.65. The summed E-state index contributed by atoms with van der Waals surface area (Å²) in [6.07, 6.45) is 2.40. The quantitative estimate of drug-likeness (QED) is 0.469. The molecule has 0 aliphatic carbocycles. The van der Waals surface area contributed by atoms with Crippen molar-refractivity contribution in [3.63, 3.8) is 0 Å². The Morgan fingerprint density at radius 1 is 1.50 bits per heavy atom. The molecule has 0 saturated carbocycles. The highest BCUT2D eigenvalue weighted by atomic mass is 32.2. The Morgan fingerprint density at radius 3 is 2.92 bits per heavy atom. The van der Waals surface area contributed by atoms with Crippen molar-refractivity contribution in [3.05, 3.63) is 5.82 Å². The molecule has 0 radical (unpaired) electrons. The van der Waals surface area contributed by atoms with E-state index < -0.39 is 0 Å². The Morgan fingerprint density at radius 2 is 2.33 bits per heavy atom. The molecular weight excluding hydrogens is 208 g/mol. The van der Waals surface area contributed by atoms with Crippen molar-refractivity contribution in [2.75, 3.05) is 11.5 Å². The number of thioether (sulfide) groups is 1. The van der Waals surface area contributed by atoms with Crippen LogP contribution in [0.5, 0.6) is 0 Å². The van der Waals surface area contributed by atoms with Gasteiger partial charge in [0, 0.05) is 5.75 Å². The lowest BCUT2D eigenvalue weighted by Crippen LogP contribution is -1.81. The van der Waals surface area contributed by atoms with E-state index in [0.717, 1.165) is 21.7 Å². The summed E-state index contributed by atoms with van der Waals surface area (Å²) < 4.78 is 5.20. The van der Waals surface area contributed by atoms with Gasteiger partial charge >= 0.3 is 0 Å². The minimum absolute atomic E-state index is 0.886. The number of hydrogen-bond acceptors (Lipinski definition) is 5. The van der Waals surface area contributed by atoms with Crippen LogP contribution in [-0.2, 0) is 0 Å².